The van der Waals surface area contributed by atoms with Crippen molar-refractivity contribution in [3.05, 3.63) is 0 Å². The predicted octanol–water partition coefficient (Wildman–Crippen LogP) is 2.32. The number of carbonyl (C=O) groups is 1. The van der Waals surface area contributed by atoms with Crippen molar-refractivity contribution in [3.8, 4) is 0 Å². The molecule has 1 fully saturated rings. The molecule has 0 radical (unpaired) electrons. The number of amides is 1. The van der Waals surface area contributed by atoms with Gasteiger partial charge in [-0.15, -0.1) is 0 Å². The van der Waals surface area contributed by atoms with Gasteiger partial charge in [-0.2, -0.15) is 0 Å². The van der Waals surface area contributed by atoms with E-state index in [9.17, 15) is 4.79 Å². The minimum atomic E-state index is -0.461. The van der Waals surface area contributed by atoms with Crippen molar-refractivity contribution in [2.75, 3.05) is 19.6 Å². The number of hydrogen-bond acceptors (Lipinski definition) is 3. The first-order valence-electron chi connectivity index (χ1n) is 6.13. The number of rotatable bonds is 2. The van der Waals surface area contributed by atoms with Gasteiger partial charge in [-0.1, -0.05) is 12.2 Å². The van der Waals surface area contributed by atoms with Crippen molar-refractivity contribution in [2.24, 2.45) is 0 Å². The molecule has 0 bridgehead atoms. The van der Waals surface area contributed by atoms with E-state index in [1.165, 1.54) is 19.3 Å². The fourth-order valence-corrected chi connectivity index (χ4v) is 1.97. The van der Waals surface area contributed by atoms with Crippen LogP contribution in [0.4, 0.5) is 4.79 Å². The van der Waals surface area contributed by atoms with Gasteiger partial charge >= 0.3 is 6.09 Å². The van der Waals surface area contributed by atoms with Crippen LogP contribution in [0, 0.1) is 0 Å². The SMILES string of the molecule is CC(C)(C)OC(=O)NCC(=S)N1CCCCC1. The number of hydrogen-bond donors (Lipinski definition) is 1. The minimum Gasteiger partial charge on any atom is -0.444 e. The molecule has 1 N–H and O–H groups in total. The van der Waals surface area contributed by atoms with Crippen molar-refractivity contribution in [2.45, 2.75) is 45.6 Å². The van der Waals surface area contributed by atoms with Crippen LogP contribution >= 0.6 is 12.2 Å². The number of ether oxygens (including phenoxy) is 1. The highest BCUT2D eigenvalue weighted by atomic mass is 32.1. The maximum Gasteiger partial charge on any atom is 0.408 e. The van der Waals surface area contributed by atoms with Crippen molar-refractivity contribution in [1.82, 2.24) is 10.2 Å². The number of carbonyl (C=O) groups excluding carboxylic acids is 1. The normalized spacial score (nSPS) is 16.5. The predicted molar refractivity (Wildman–Crippen MR) is 72.3 cm³/mol. The summed E-state index contributed by atoms with van der Waals surface area (Å²) in [6, 6.07) is 0. The molecule has 0 aliphatic carbocycles. The number of piperidine rings is 1. The van der Waals surface area contributed by atoms with Crippen LogP contribution in [-0.2, 0) is 4.74 Å². The third-order valence-electron chi connectivity index (χ3n) is 2.49. The summed E-state index contributed by atoms with van der Waals surface area (Å²) in [5, 5.41) is 2.69. The summed E-state index contributed by atoms with van der Waals surface area (Å²) in [6.07, 6.45) is 3.24. The largest absolute Gasteiger partial charge is 0.444 e. The zero-order valence-electron chi connectivity index (χ0n) is 10.9. The van der Waals surface area contributed by atoms with Gasteiger partial charge in [0.1, 0.15) is 5.60 Å². The van der Waals surface area contributed by atoms with Crippen LogP contribution in [0.5, 0.6) is 0 Å². The van der Waals surface area contributed by atoms with E-state index in [1.807, 2.05) is 20.8 Å². The molecule has 4 nitrogen and oxygen atoms in total. The van der Waals surface area contributed by atoms with Crippen molar-refractivity contribution in [1.29, 1.82) is 0 Å². The van der Waals surface area contributed by atoms with Gasteiger partial charge in [-0.25, -0.2) is 4.79 Å². The van der Waals surface area contributed by atoms with Gasteiger partial charge in [0.25, 0.3) is 0 Å². The maximum atomic E-state index is 11.4. The second kappa shape index (κ2) is 6.19. The molecule has 0 saturated carbocycles. The molecule has 1 amide bonds. The van der Waals surface area contributed by atoms with Crippen molar-refractivity contribution < 1.29 is 9.53 Å². The van der Waals surface area contributed by atoms with E-state index in [-0.39, 0.29) is 0 Å². The standard InChI is InChI=1S/C12H22N2O2S/c1-12(2,3)16-11(15)13-9-10(17)14-7-5-4-6-8-14/h4-9H2,1-3H3,(H,13,15). The summed E-state index contributed by atoms with van der Waals surface area (Å²) < 4.78 is 5.15. The minimum absolute atomic E-state index is 0.393. The lowest BCUT2D eigenvalue weighted by Gasteiger charge is -2.29. The Bertz CT molecular complexity index is 281. The van der Waals surface area contributed by atoms with Gasteiger partial charge in [0, 0.05) is 13.1 Å². The van der Waals surface area contributed by atoms with E-state index < -0.39 is 11.7 Å². The van der Waals surface area contributed by atoms with Crippen molar-refractivity contribution in [3.63, 3.8) is 0 Å². The molecule has 0 aromatic carbocycles. The Labute approximate surface area is 109 Å². The average Bonchev–Trinajstić information content (AvgIpc) is 2.25. The summed E-state index contributed by atoms with van der Waals surface area (Å²) in [4.78, 5) is 14.4. The molecular formula is C12H22N2O2S. The number of thiocarbonyl (C=S) groups is 1. The highest BCUT2D eigenvalue weighted by molar-refractivity contribution is 7.80. The van der Waals surface area contributed by atoms with Gasteiger partial charge in [-0.05, 0) is 40.0 Å². The molecule has 98 valence electrons. The Morgan fingerprint density at radius 2 is 1.88 bits per heavy atom. The molecule has 0 spiro atoms. The smallest absolute Gasteiger partial charge is 0.408 e. The Hall–Kier alpha value is -0.840. The topological polar surface area (TPSA) is 41.6 Å². The van der Waals surface area contributed by atoms with E-state index in [0.29, 0.717) is 6.54 Å². The number of likely N-dealkylation sites (tertiary alicyclic amines) is 1. The third kappa shape index (κ3) is 5.86. The molecule has 1 saturated heterocycles. The first kappa shape index (κ1) is 14.2. The van der Waals surface area contributed by atoms with E-state index in [4.69, 9.17) is 17.0 Å². The monoisotopic (exact) mass is 258 g/mol. The quantitative estimate of drug-likeness (QED) is 0.772. The van der Waals surface area contributed by atoms with Crippen LogP contribution in [0.1, 0.15) is 40.0 Å². The molecule has 0 aromatic heterocycles. The molecule has 17 heavy (non-hydrogen) atoms. The molecule has 0 atom stereocenters. The van der Waals surface area contributed by atoms with Gasteiger partial charge in [-0.3, -0.25) is 0 Å². The Balaban J connectivity index is 2.25. The van der Waals surface area contributed by atoms with Gasteiger partial charge < -0.3 is 15.0 Å². The fraction of sp³-hybridized carbons (Fsp3) is 0.833. The number of alkyl carbamates (subject to hydrolysis) is 1. The molecule has 1 rings (SSSR count). The summed E-state index contributed by atoms with van der Waals surface area (Å²) >= 11 is 5.29. The van der Waals surface area contributed by atoms with Crippen LogP contribution in [0.15, 0.2) is 0 Å². The molecule has 0 unspecified atom stereocenters. The van der Waals surface area contributed by atoms with Crippen LogP contribution in [0.2, 0.25) is 0 Å². The summed E-state index contributed by atoms with van der Waals surface area (Å²) in [6.45, 7) is 7.94. The lowest BCUT2D eigenvalue weighted by molar-refractivity contribution is 0.0535. The van der Waals surface area contributed by atoms with E-state index in [0.717, 1.165) is 18.1 Å². The highest BCUT2D eigenvalue weighted by Crippen LogP contribution is 2.09. The number of nitrogens with one attached hydrogen (secondary N) is 1. The second-order valence-electron chi connectivity index (χ2n) is 5.30. The molecule has 0 aromatic rings. The second-order valence-corrected chi connectivity index (χ2v) is 5.77. The summed E-state index contributed by atoms with van der Waals surface area (Å²) in [5.41, 5.74) is -0.461. The van der Waals surface area contributed by atoms with Crippen LogP contribution in [0.25, 0.3) is 0 Å². The first-order chi connectivity index (χ1) is 7.88. The first-order valence-corrected chi connectivity index (χ1v) is 6.54. The zero-order valence-corrected chi connectivity index (χ0v) is 11.7. The molecule has 1 aliphatic heterocycles. The average molecular weight is 258 g/mol. The number of nitrogens with zero attached hydrogens (tertiary/aromatic N) is 1. The summed E-state index contributed by atoms with van der Waals surface area (Å²) in [7, 11) is 0. The van der Waals surface area contributed by atoms with Crippen molar-refractivity contribution >= 4 is 23.3 Å². The highest BCUT2D eigenvalue weighted by Gasteiger charge is 2.18. The Kier molecular flexibility index (Phi) is 5.18. The maximum absolute atomic E-state index is 11.4. The lowest BCUT2D eigenvalue weighted by atomic mass is 10.1. The molecular weight excluding hydrogens is 236 g/mol. The Morgan fingerprint density at radius 1 is 1.29 bits per heavy atom. The van der Waals surface area contributed by atoms with Gasteiger partial charge in [0.2, 0.25) is 0 Å². The molecule has 5 heteroatoms. The van der Waals surface area contributed by atoms with Gasteiger partial charge in [0.05, 0.1) is 11.5 Å². The van der Waals surface area contributed by atoms with Crippen LogP contribution in [0.3, 0.4) is 0 Å². The third-order valence-corrected chi connectivity index (χ3v) is 2.89. The van der Waals surface area contributed by atoms with E-state index in [1.54, 1.807) is 0 Å². The molecule has 1 heterocycles. The fourth-order valence-electron chi connectivity index (χ4n) is 1.72. The summed E-state index contributed by atoms with van der Waals surface area (Å²) in [5.74, 6) is 0. The van der Waals surface area contributed by atoms with E-state index in [2.05, 4.69) is 10.2 Å². The van der Waals surface area contributed by atoms with Gasteiger partial charge in [0.15, 0.2) is 0 Å². The van der Waals surface area contributed by atoms with E-state index >= 15 is 0 Å². The molecule has 1 aliphatic rings. The lowest BCUT2D eigenvalue weighted by Crippen LogP contribution is -2.42. The van der Waals surface area contributed by atoms with Crippen LogP contribution in [-0.4, -0.2) is 41.2 Å². The Morgan fingerprint density at radius 3 is 2.41 bits per heavy atom. The zero-order chi connectivity index (χ0) is 12.9. The van der Waals surface area contributed by atoms with Crippen LogP contribution < -0.4 is 5.32 Å².